The Bertz CT molecular complexity index is 486. The van der Waals surface area contributed by atoms with Crippen LogP contribution in [-0.2, 0) is 10.3 Å². The molecule has 1 aliphatic carbocycles. The maximum atomic E-state index is 10.5. The zero-order valence-corrected chi connectivity index (χ0v) is 10.2. The summed E-state index contributed by atoms with van der Waals surface area (Å²) in [6.07, 6.45) is 3.35. The number of methoxy groups -OCH3 is 2. The molecule has 0 aliphatic heterocycles. The van der Waals surface area contributed by atoms with E-state index in [4.69, 9.17) is 9.47 Å². The van der Waals surface area contributed by atoms with Gasteiger partial charge in [-0.15, -0.1) is 0 Å². The molecular formula is C13H15NO3. The third-order valence-corrected chi connectivity index (χ3v) is 3.20. The van der Waals surface area contributed by atoms with Crippen molar-refractivity contribution in [1.29, 1.82) is 0 Å². The number of ether oxygens (including phenoxy) is 2. The van der Waals surface area contributed by atoms with E-state index in [2.05, 4.69) is 4.99 Å². The first-order chi connectivity index (χ1) is 8.16. The highest BCUT2D eigenvalue weighted by molar-refractivity contribution is 5.53. The molecule has 17 heavy (non-hydrogen) atoms. The molecule has 0 N–H and O–H groups in total. The molecule has 1 aromatic rings. The minimum Gasteiger partial charge on any atom is -0.496 e. The average molecular weight is 233 g/mol. The molecule has 0 bridgehead atoms. The van der Waals surface area contributed by atoms with Crippen molar-refractivity contribution in [2.45, 2.75) is 25.3 Å². The summed E-state index contributed by atoms with van der Waals surface area (Å²) in [5.41, 5.74) is 1.47. The number of hydrogen-bond donors (Lipinski definition) is 0. The van der Waals surface area contributed by atoms with Crippen molar-refractivity contribution in [2.24, 2.45) is 4.99 Å². The van der Waals surface area contributed by atoms with Crippen LogP contribution in [0.5, 0.6) is 11.5 Å². The van der Waals surface area contributed by atoms with Gasteiger partial charge in [0.05, 0.1) is 14.2 Å². The summed E-state index contributed by atoms with van der Waals surface area (Å²) in [6, 6.07) is 3.82. The average Bonchev–Trinajstić information content (AvgIpc) is 3.10. The van der Waals surface area contributed by atoms with Gasteiger partial charge in [0.25, 0.3) is 0 Å². The largest absolute Gasteiger partial charge is 0.496 e. The van der Waals surface area contributed by atoms with Crippen molar-refractivity contribution in [1.82, 2.24) is 0 Å². The number of nitrogens with zero attached hydrogens (tertiary/aromatic N) is 1. The van der Waals surface area contributed by atoms with Crippen LogP contribution >= 0.6 is 0 Å². The molecule has 0 aromatic heterocycles. The Balaban J connectivity index is 2.55. The summed E-state index contributed by atoms with van der Waals surface area (Å²) in [6.45, 7) is 1.95. The SMILES string of the molecule is COc1cc(C2(N=C=O)CC2)c(OC)cc1C. The van der Waals surface area contributed by atoms with E-state index in [9.17, 15) is 4.79 Å². The molecule has 0 atom stereocenters. The molecule has 1 saturated carbocycles. The highest BCUT2D eigenvalue weighted by atomic mass is 16.5. The fraction of sp³-hybridized carbons (Fsp3) is 0.462. The lowest BCUT2D eigenvalue weighted by Crippen LogP contribution is -2.06. The van der Waals surface area contributed by atoms with Crippen LogP contribution in [0.1, 0.15) is 24.0 Å². The molecule has 0 heterocycles. The van der Waals surface area contributed by atoms with Gasteiger partial charge in [0.1, 0.15) is 17.0 Å². The smallest absolute Gasteiger partial charge is 0.235 e. The third-order valence-electron chi connectivity index (χ3n) is 3.20. The van der Waals surface area contributed by atoms with Crippen LogP contribution in [0.4, 0.5) is 0 Å². The minimum atomic E-state index is -0.436. The van der Waals surface area contributed by atoms with Crippen LogP contribution in [0.3, 0.4) is 0 Å². The molecule has 1 aliphatic rings. The van der Waals surface area contributed by atoms with E-state index in [-0.39, 0.29) is 0 Å². The maximum Gasteiger partial charge on any atom is 0.235 e. The fourth-order valence-corrected chi connectivity index (χ4v) is 2.06. The van der Waals surface area contributed by atoms with E-state index in [0.29, 0.717) is 0 Å². The molecule has 0 saturated heterocycles. The molecular weight excluding hydrogens is 218 g/mol. The molecule has 0 amide bonds. The lowest BCUT2D eigenvalue weighted by Gasteiger charge is -2.16. The normalized spacial score (nSPS) is 15.9. The summed E-state index contributed by atoms with van der Waals surface area (Å²) in [7, 11) is 3.24. The van der Waals surface area contributed by atoms with E-state index >= 15 is 0 Å². The Morgan fingerprint density at radius 3 is 2.35 bits per heavy atom. The van der Waals surface area contributed by atoms with Gasteiger partial charge in [-0.1, -0.05) is 0 Å². The summed E-state index contributed by atoms with van der Waals surface area (Å²) >= 11 is 0. The van der Waals surface area contributed by atoms with Gasteiger partial charge in [0, 0.05) is 5.56 Å². The highest BCUT2D eigenvalue weighted by Gasteiger charge is 2.47. The van der Waals surface area contributed by atoms with Crippen molar-refractivity contribution < 1.29 is 14.3 Å². The van der Waals surface area contributed by atoms with Crippen LogP contribution in [0.25, 0.3) is 0 Å². The Morgan fingerprint density at radius 2 is 1.88 bits per heavy atom. The number of carbonyl (C=O) groups excluding carboxylic acids is 1. The van der Waals surface area contributed by atoms with E-state index < -0.39 is 5.54 Å². The second-order valence-electron chi connectivity index (χ2n) is 4.26. The fourth-order valence-electron chi connectivity index (χ4n) is 2.06. The van der Waals surface area contributed by atoms with Gasteiger partial charge >= 0.3 is 0 Å². The number of rotatable bonds is 4. The lowest BCUT2D eigenvalue weighted by molar-refractivity contribution is 0.392. The molecule has 0 radical (unpaired) electrons. The van der Waals surface area contributed by atoms with Gasteiger partial charge in [-0.25, -0.2) is 4.79 Å². The number of benzene rings is 1. The zero-order valence-electron chi connectivity index (χ0n) is 10.2. The van der Waals surface area contributed by atoms with Crippen LogP contribution in [0.2, 0.25) is 0 Å². The quantitative estimate of drug-likeness (QED) is 0.592. The zero-order chi connectivity index (χ0) is 12.5. The van der Waals surface area contributed by atoms with E-state index in [0.717, 1.165) is 35.5 Å². The number of aliphatic imine (C=N–C) groups is 1. The van der Waals surface area contributed by atoms with E-state index in [1.54, 1.807) is 20.3 Å². The Hall–Kier alpha value is -1.80. The topological polar surface area (TPSA) is 47.9 Å². The summed E-state index contributed by atoms with van der Waals surface area (Å²) in [4.78, 5) is 14.4. The van der Waals surface area contributed by atoms with Crippen LogP contribution in [0.15, 0.2) is 17.1 Å². The molecule has 1 fully saturated rings. The molecule has 0 spiro atoms. The maximum absolute atomic E-state index is 10.5. The first-order valence-corrected chi connectivity index (χ1v) is 5.49. The van der Waals surface area contributed by atoms with Crippen molar-refractivity contribution in [3.05, 3.63) is 23.3 Å². The predicted octanol–water partition coefficient (Wildman–Crippen LogP) is 2.34. The minimum absolute atomic E-state index is 0.436. The lowest BCUT2D eigenvalue weighted by atomic mass is 10.0. The number of hydrogen-bond acceptors (Lipinski definition) is 4. The molecule has 0 unspecified atom stereocenters. The number of aryl methyl sites for hydroxylation is 1. The summed E-state index contributed by atoms with van der Waals surface area (Å²) < 4.78 is 10.6. The standard InChI is InChI=1S/C13H15NO3/c1-9-6-12(17-3)10(7-11(9)16-2)13(4-5-13)14-8-15/h6-7H,4-5H2,1-3H3. The predicted molar refractivity (Wildman–Crippen MR) is 63.3 cm³/mol. The molecule has 4 heteroatoms. The third kappa shape index (κ3) is 1.92. The molecule has 2 rings (SSSR count). The van der Waals surface area contributed by atoms with Gasteiger partial charge in [-0.2, -0.15) is 4.99 Å². The van der Waals surface area contributed by atoms with E-state index in [1.165, 1.54) is 0 Å². The Labute approximate surface area is 100 Å². The first-order valence-electron chi connectivity index (χ1n) is 5.49. The molecule has 90 valence electrons. The summed E-state index contributed by atoms with van der Waals surface area (Å²) in [5, 5.41) is 0. The molecule has 1 aromatic carbocycles. The monoisotopic (exact) mass is 233 g/mol. The van der Waals surface area contributed by atoms with E-state index in [1.807, 2.05) is 19.1 Å². The van der Waals surface area contributed by atoms with Crippen LogP contribution in [-0.4, -0.2) is 20.3 Å². The Morgan fingerprint density at radius 1 is 1.24 bits per heavy atom. The van der Waals surface area contributed by atoms with Gasteiger partial charge in [0.2, 0.25) is 6.08 Å². The second kappa shape index (κ2) is 4.22. The first kappa shape index (κ1) is 11.7. The van der Waals surface area contributed by atoms with Gasteiger partial charge < -0.3 is 9.47 Å². The van der Waals surface area contributed by atoms with Crippen molar-refractivity contribution >= 4 is 6.08 Å². The molecule has 4 nitrogen and oxygen atoms in total. The van der Waals surface area contributed by atoms with Crippen LogP contribution in [0, 0.1) is 6.92 Å². The summed E-state index contributed by atoms with van der Waals surface area (Å²) in [5.74, 6) is 1.54. The van der Waals surface area contributed by atoms with Crippen LogP contribution < -0.4 is 9.47 Å². The second-order valence-corrected chi connectivity index (χ2v) is 4.26. The van der Waals surface area contributed by atoms with Gasteiger partial charge in [0.15, 0.2) is 0 Å². The van der Waals surface area contributed by atoms with Gasteiger partial charge in [-0.3, -0.25) is 0 Å². The van der Waals surface area contributed by atoms with Crippen molar-refractivity contribution in [3.8, 4) is 11.5 Å². The highest BCUT2D eigenvalue weighted by Crippen LogP contribution is 2.53. The van der Waals surface area contributed by atoms with Gasteiger partial charge in [-0.05, 0) is 37.5 Å². The number of isocyanates is 1. The Kier molecular flexibility index (Phi) is 2.90. The van der Waals surface area contributed by atoms with Crippen molar-refractivity contribution in [3.63, 3.8) is 0 Å². The van der Waals surface area contributed by atoms with Crippen molar-refractivity contribution in [2.75, 3.05) is 14.2 Å².